The van der Waals surface area contributed by atoms with Crippen LogP contribution >= 0.6 is 0 Å². The Hall–Kier alpha value is -0.780. The molecule has 1 fully saturated rings. The molecule has 0 aromatic carbocycles. The first-order chi connectivity index (χ1) is 7.72. The van der Waals surface area contributed by atoms with Crippen LogP contribution in [0.3, 0.4) is 0 Å². The number of rotatable bonds is 4. The third kappa shape index (κ3) is 2.31. The van der Waals surface area contributed by atoms with Crippen LogP contribution in [0.4, 0.5) is 0 Å². The molecule has 0 N–H and O–H groups in total. The molecule has 0 saturated heterocycles. The number of hydrogen-bond acceptors (Lipinski definition) is 0. The van der Waals surface area contributed by atoms with Crippen molar-refractivity contribution in [1.82, 2.24) is 0 Å². The molecule has 0 aliphatic heterocycles. The van der Waals surface area contributed by atoms with E-state index in [0.29, 0.717) is 0 Å². The molecule has 1 saturated carbocycles. The third-order valence-electron chi connectivity index (χ3n) is 3.26. The molecule has 2 rings (SSSR count). The molecule has 0 spiro atoms. The van der Waals surface area contributed by atoms with E-state index >= 15 is 0 Å². The van der Waals surface area contributed by atoms with E-state index in [1.807, 2.05) is 6.08 Å². The van der Waals surface area contributed by atoms with E-state index in [0.717, 1.165) is 6.42 Å². The molecule has 2 aliphatic rings. The molecule has 0 nitrogen and oxygen atoms in total. The minimum absolute atomic E-state index is 1.11. The van der Waals surface area contributed by atoms with Gasteiger partial charge in [0.05, 0.1) is 0 Å². The largest absolute Gasteiger partial charge is 0.103 e. The summed E-state index contributed by atoms with van der Waals surface area (Å²) in [4.78, 5) is 0. The van der Waals surface area contributed by atoms with Crippen molar-refractivity contribution in [3.8, 4) is 0 Å². The van der Waals surface area contributed by atoms with Gasteiger partial charge < -0.3 is 0 Å². The fraction of sp³-hybridized carbons (Fsp3) is 0.312. The summed E-state index contributed by atoms with van der Waals surface area (Å²) in [6.45, 7) is 8.14. The lowest BCUT2D eigenvalue weighted by molar-refractivity contribution is 0.792. The normalized spacial score (nSPS) is 22.9. The van der Waals surface area contributed by atoms with Gasteiger partial charge in [0, 0.05) is 11.8 Å². The van der Waals surface area contributed by atoms with Gasteiger partial charge >= 0.3 is 0 Å². The summed E-state index contributed by atoms with van der Waals surface area (Å²) in [5, 5.41) is 0. The Bertz CT molecular complexity index is 293. The number of hydrogen-bond donors (Lipinski definition) is 0. The summed E-state index contributed by atoms with van der Waals surface area (Å²) in [6.07, 6.45) is 14.6. The van der Waals surface area contributed by atoms with Gasteiger partial charge in [0.25, 0.3) is 0 Å². The number of fused-ring (bicyclic) bond motifs is 1. The first-order valence-corrected chi connectivity index (χ1v) is 5.99. The van der Waals surface area contributed by atoms with Gasteiger partial charge in [-0.25, -0.2) is 0 Å². The van der Waals surface area contributed by atoms with Gasteiger partial charge in [-0.1, -0.05) is 29.4 Å². The monoisotopic (exact) mass is 211 g/mol. The van der Waals surface area contributed by atoms with Crippen molar-refractivity contribution in [2.75, 3.05) is 0 Å². The van der Waals surface area contributed by atoms with Gasteiger partial charge in [0.2, 0.25) is 0 Å². The van der Waals surface area contributed by atoms with E-state index in [9.17, 15) is 0 Å². The van der Waals surface area contributed by atoms with Crippen molar-refractivity contribution in [3.63, 3.8) is 0 Å². The minimum atomic E-state index is 1.11. The standard InChI is InChI=1S/C16H19/c1-4-5-6-7-14-10-15-12(2)8-9-13(3)16(15)11-14/h4,8-11H,1,5-7H2,2-3H3. The Morgan fingerprint density at radius 2 is 1.62 bits per heavy atom. The fourth-order valence-corrected chi connectivity index (χ4v) is 2.24. The molecule has 16 heavy (non-hydrogen) atoms. The Kier molecular flexibility index (Phi) is 3.68. The average Bonchev–Trinajstić information content (AvgIpc) is 2.69. The maximum Gasteiger partial charge on any atom is 0.0160 e. The smallest absolute Gasteiger partial charge is 0.0160 e. The summed E-state index contributed by atoms with van der Waals surface area (Å²) >= 11 is 0. The third-order valence-corrected chi connectivity index (χ3v) is 3.26. The molecular weight excluding hydrogens is 192 g/mol. The topological polar surface area (TPSA) is 0 Å². The van der Waals surface area contributed by atoms with Gasteiger partial charge in [0.15, 0.2) is 0 Å². The lowest BCUT2D eigenvalue weighted by Crippen LogP contribution is -2.09. The molecule has 0 bridgehead atoms. The quantitative estimate of drug-likeness (QED) is 0.478. The van der Waals surface area contributed by atoms with Crippen molar-refractivity contribution < 1.29 is 0 Å². The Balaban J connectivity index is 1.93. The van der Waals surface area contributed by atoms with E-state index in [1.54, 1.807) is 0 Å². The maximum atomic E-state index is 3.76. The first kappa shape index (κ1) is 11.7. The first-order valence-electron chi connectivity index (χ1n) is 5.99. The Morgan fingerprint density at radius 1 is 1.06 bits per heavy atom. The second-order valence-electron chi connectivity index (χ2n) is 4.57. The second kappa shape index (κ2) is 5.03. The highest BCUT2D eigenvalue weighted by molar-refractivity contribution is 5.66. The lowest BCUT2D eigenvalue weighted by atomic mass is 9.81. The SMILES string of the molecule is C=CCCC[C]1[CH][C]2[C]([CH]1)C(C)=CC=C2C. The van der Waals surface area contributed by atoms with Gasteiger partial charge in [-0.2, -0.15) is 0 Å². The van der Waals surface area contributed by atoms with Crippen molar-refractivity contribution in [3.05, 3.63) is 66.5 Å². The highest BCUT2D eigenvalue weighted by Gasteiger charge is 2.38. The van der Waals surface area contributed by atoms with Gasteiger partial charge in [-0.05, 0) is 51.9 Å². The number of unbranched alkanes of at least 4 members (excludes halogenated alkanes) is 1. The molecule has 0 atom stereocenters. The van der Waals surface area contributed by atoms with E-state index in [1.165, 1.54) is 41.7 Å². The van der Waals surface area contributed by atoms with Crippen molar-refractivity contribution in [2.45, 2.75) is 33.1 Å². The van der Waals surface area contributed by atoms with Crippen LogP contribution in [-0.4, -0.2) is 0 Å². The van der Waals surface area contributed by atoms with Gasteiger partial charge in [-0.3, -0.25) is 0 Å². The molecule has 5 radical (unpaired) electrons. The highest BCUT2D eigenvalue weighted by atomic mass is 14.4. The Morgan fingerprint density at radius 3 is 2.12 bits per heavy atom. The molecule has 0 aromatic heterocycles. The summed E-state index contributed by atoms with van der Waals surface area (Å²) in [6, 6.07) is 0. The van der Waals surface area contributed by atoms with E-state index in [-0.39, 0.29) is 0 Å². The highest BCUT2D eigenvalue weighted by Crippen LogP contribution is 2.50. The molecule has 0 aromatic rings. The van der Waals surface area contributed by atoms with Crippen LogP contribution < -0.4 is 0 Å². The lowest BCUT2D eigenvalue weighted by Gasteiger charge is -2.22. The zero-order valence-corrected chi connectivity index (χ0v) is 10.2. The zero-order chi connectivity index (χ0) is 11.5. The van der Waals surface area contributed by atoms with Crippen LogP contribution in [0.5, 0.6) is 0 Å². The summed E-state index contributed by atoms with van der Waals surface area (Å²) < 4.78 is 0. The Labute approximate surface area is 100 Å². The maximum absolute atomic E-state index is 3.76. The van der Waals surface area contributed by atoms with Crippen molar-refractivity contribution in [2.24, 2.45) is 0 Å². The zero-order valence-electron chi connectivity index (χ0n) is 10.2. The van der Waals surface area contributed by atoms with Crippen molar-refractivity contribution in [1.29, 1.82) is 0 Å². The van der Waals surface area contributed by atoms with E-state index < -0.39 is 0 Å². The predicted molar refractivity (Wildman–Crippen MR) is 69.9 cm³/mol. The van der Waals surface area contributed by atoms with Crippen molar-refractivity contribution >= 4 is 0 Å². The van der Waals surface area contributed by atoms with Gasteiger partial charge in [-0.15, -0.1) is 6.58 Å². The summed E-state index contributed by atoms with van der Waals surface area (Å²) in [5.74, 6) is 4.32. The predicted octanol–water partition coefficient (Wildman–Crippen LogP) is 4.39. The molecule has 2 aliphatic carbocycles. The summed E-state index contributed by atoms with van der Waals surface area (Å²) in [7, 11) is 0. The summed E-state index contributed by atoms with van der Waals surface area (Å²) in [5.41, 5.74) is 2.77. The van der Waals surface area contributed by atoms with Crippen LogP contribution in [0, 0.1) is 30.6 Å². The molecule has 0 heterocycles. The van der Waals surface area contributed by atoms with Crippen LogP contribution in [0.2, 0.25) is 0 Å². The molecule has 83 valence electrons. The molecule has 0 unspecified atom stereocenters. The minimum Gasteiger partial charge on any atom is -0.103 e. The van der Waals surface area contributed by atoms with Crippen LogP contribution in [0.25, 0.3) is 0 Å². The molecule has 0 amide bonds. The molecule has 0 heteroatoms. The average molecular weight is 211 g/mol. The van der Waals surface area contributed by atoms with Crippen LogP contribution in [0.1, 0.15) is 33.1 Å². The number of allylic oxidation sites excluding steroid dienone is 5. The van der Waals surface area contributed by atoms with Crippen LogP contribution in [-0.2, 0) is 0 Å². The van der Waals surface area contributed by atoms with Gasteiger partial charge in [0.1, 0.15) is 0 Å². The fourth-order valence-electron chi connectivity index (χ4n) is 2.24. The van der Waals surface area contributed by atoms with E-state index in [2.05, 4.69) is 45.4 Å². The second-order valence-corrected chi connectivity index (χ2v) is 4.57. The molecular formula is C16H19. The van der Waals surface area contributed by atoms with E-state index in [4.69, 9.17) is 0 Å². The van der Waals surface area contributed by atoms with Crippen LogP contribution in [0.15, 0.2) is 36.0 Å².